The van der Waals surface area contributed by atoms with E-state index < -0.39 is 5.60 Å². The molecular weight excluding hydrogens is 332 g/mol. The van der Waals surface area contributed by atoms with E-state index in [1.807, 2.05) is 39.5 Å². The van der Waals surface area contributed by atoms with Crippen LogP contribution in [0.15, 0.2) is 4.99 Å². The first kappa shape index (κ1) is 22.5. The quantitative estimate of drug-likeness (QED) is 0.555. The molecule has 0 saturated carbocycles. The lowest BCUT2D eigenvalue weighted by atomic mass is 9.95. The number of ether oxygens (including phenoxy) is 2. The number of carbonyl (C=O) groups is 1. The molecule has 152 valence electrons. The molecule has 0 bridgehead atoms. The molecular formula is C19H38N4O3. The van der Waals surface area contributed by atoms with Crippen molar-refractivity contribution in [2.24, 2.45) is 10.9 Å². The van der Waals surface area contributed by atoms with E-state index in [4.69, 9.17) is 9.47 Å². The minimum Gasteiger partial charge on any atom is -0.444 e. The van der Waals surface area contributed by atoms with Gasteiger partial charge in [0.1, 0.15) is 5.60 Å². The number of likely N-dealkylation sites (tertiary alicyclic amines) is 1. The van der Waals surface area contributed by atoms with Crippen molar-refractivity contribution in [2.75, 3.05) is 40.3 Å². The Morgan fingerprint density at radius 1 is 1.23 bits per heavy atom. The van der Waals surface area contributed by atoms with Crippen LogP contribution >= 0.6 is 0 Å². The molecule has 0 aromatic rings. The average Bonchev–Trinajstić information content (AvgIpc) is 2.56. The highest BCUT2D eigenvalue weighted by molar-refractivity contribution is 5.79. The number of piperidine rings is 1. The van der Waals surface area contributed by atoms with E-state index in [2.05, 4.69) is 15.6 Å². The highest BCUT2D eigenvalue weighted by Gasteiger charge is 2.27. The molecule has 0 aromatic heterocycles. The van der Waals surface area contributed by atoms with Crippen molar-refractivity contribution in [1.29, 1.82) is 0 Å². The van der Waals surface area contributed by atoms with E-state index in [1.165, 1.54) is 0 Å². The summed E-state index contributed by atoms with van der Waals surface area (Å²) in [5, 5.41) is 6.62. The first-order valence-electron chi connectivity index (χ1n) is 9.54. The maximum Gasteiger partial charge on any atom is 0.410 e. The van der Waals surface area contributed by atoms with Crippen LogP contribution in [0.3, 0.4) is 0 Å². The van der Waals surface area contributed by atoms with Crippen LogP contribution in [0.2, 0.25) is 0 Å². The molecule has 0 radical (unpaired) electrons. The Morgan fingerprint density at radius 3 is 2.50 bits per heavy atom. The largest absolute Gasteiger partial charge is 0.444 e. The lowest BCUT2D eigenvalue weighted by molar-refractivity contribution is 0.0162. The first-order chi connectivity index (χ1) is 12.1. The third kappa shape index (κ3) is 8.74. The van der Waals surface area contributed by atoms with E-state index in [0.717, 1.165) is 44.9 Å². The second-order valence-electron chi connectivity index (χ2n) is 8.54. The van der Waals surface area contributed by atoms with Gasteiger partial charge in [-0.25, -0.2) is 4.79 Å². The zero-order chi connectivity index (χ0) is 19.8. The predicted molar refractivity (Wildman–Crippen MR) is 106 cm³/mol. The summed E-state index contributed by atoms with van der Waals surface area (Å²) in [5.41, 5.74) is -0.686. The van der Waals surface area contributed by atoms with Gasteiger partial charge in [0.05, 0.1) is 5.60 Å². The van der Waals surface area contributed by atoms with Crippen LogP contribution in [0.25, 0.3) is 0 Å². The van der Waals surface area contributed by atoms with Crippen molar-refractivity contribution < 1.29 is 14.3 Å². The van der Waals surface area contributed by atoms with Gasteiger partial charge in [-0.15, -0.1) is 0 Å². The van der Waals surface area contributed by atoms with Crippen molar-refractivity contribution in [1.82, 2.24) is 15.5 Å². The normalized spacial score (nSPS) is 19.3. The molecule has 0 spiro atoms. The summed E-state index contributed by atoms with van der Waals surface area (Å²) in [4.78, 5) is 18.3. The van der Waals surface area contributed by atoms with Crippen LogP contribution < -0.4 is 10.6 Å². The standard InChI is InChI=1S/C19H38N4O3/c1-18(2,3)26-17(24)23-12-8-9-15(13-23)10-11-21-16(20-6)22-14-19(4,5)25-7/h15H,8-14H2,1-7H3,(H2,20,21,22). The third-order valence-electron chi connectivity index (χ3n) is 4.47. The van der Waals surface area contributed by atoms with Crippen LogP contribution in [-0.4, -0.2) is 68.5 Å². The van der Waals surface area contributed by atoms with Crippen LogP contribution in [0.5, 0.6) is 0 Å². The maximum absolute atomic E-state index is 12.2. The fourth-order valence-corrected chi connectivity index (χ4v) is 2.78. The summed E-state index contributed by atoms with van der Waals surface area (Å²) in [7, 11) is 3.47. The predicted octanol–water partition coefficient (Wildman–Crippen LogP) is 2.61. The molecule has 7 heteroatoms. The van der Waals surface area contributed by atoms with Crippen molar-refractivity contribution in [2.45, 2.75) is 65.1 Å². The number of aliphatic imine (C=N–C) groups is 1. The van der Waals surface area contributed by atoms with Gasteiger partial charge in [0, 0.05) is 40.3 Å². The average molecular weight is 371 g/mol. The van der Waals surface area contributed by atoms with E-state index >= 15 is 0 Å². The fraction of sp³-hybridized carbons (Fsp3) is 0.895. The van der Waals surface area contributed by atoms with Crippen molar-refractivity contribution >= 4 is 12.1 Å². The molecule has 2 N–H and O–H groups in total. The summed E-state index contributed by atoms with van der Waals surface area (Å²) in [6, 6.07) is 0. The zero-order valence-electron chi connectivity index (χ0n) is 17.6. The summed E-state index contributed by atoms with van der Waals surface area (Å²) < 4.78 is 10.9. The lowest BCUT2D eigenvalue weighted by Crippen LogP contribution is -2.46. The number of guanidine groups is 1. The van der Waals surface area contributed by atoms with Gasteiger partial charge < -0.3 is 25.0 Å². The van der Waals surface area contributed by atoms with E-state index in [0.29, 0.717) is 12.5 Å². The number of nitrogens with zero attached hydrogens (tertiary/aromatic N) is 2. The molecule has 7 nitrogen and oxygen atoms in total. The zero-order valence-corrected chi connectivity index (χ0v) is 17.6. The molecule has 26 heavy (non-hydrogen) atoms. The molecule has 1 amide bonds. The van der Waals surface area contributed by atoms with E-state index in [-0.39, 0.29) is 11.7 Å². The third-order valence-corrected chi connectivity index (χ3v) is 4.47. The molecule has 1 atom stereocenters. The minimum absolute atomic E-state index is 0.200. The minimum atomic E-state index is -0.445. The van der Waals surface area contributed by atoms with Crippen molar-refractivity contribution in [3.05, 3.63) is 0 Å². The Hall–Kier alpha value is -1.50. The summed E-state index contributed by atoms with van der Waals surface area (Å²) in [5.74, 6) is 1.26. The summed E-state index contributed by atoms with van der Waals surface area (Å²) in [6.45, 7) is 12.8. The Bertz CT molecular complexity index is 472. The van der Waals surface area contributed by atoms with Crippen LogP contribution in [0.1, 0.15) is 53.9 Å². The number of hydrogen-bond acceptors (Lipinski definition) is 4. The molecule has 1 saturated heterocycles. The van der Waals surface area contributed by atoms with E-state index in [9.17, 15) is 4.79 Å². The molecule has 0 aromatic carbocycles. The number of nitrogens with one attached hydrogen (secondary N) is 2. The van der Waals surface area contributed by atoms with Gasteiger partial charge in [-0.2, -0.15) is 0 Å². The molecule has 1 aliphatic rings. The first-order valence-corrected chi connectivity index (χ1v) is 9.54. The molecule has 1 aliphatic heterocycles. The smallest absolute Gasteiger partial charge is 0.410 e. The van der Waals surface area contributed by atoms with Crippen LogP contribution in [0.4, 0.5) is 4.79 Å². The van der Waals surface area contributed by atoms with Gasteiger partial charge in [0.2, 0.25) is 0 Å². The molecule has 1 fully saturated rings. The van der Waals surface area contributed by atoms with Gasteiger partial charge in [0.15, 0.2) is 5.96 Å². The van der Waals surface area contributed by atoms with Crippen molar-refractivity contribution in [3.8, 4) is 0 Å². The second kappa shape index (κ2) is 10.00. The van der Waals surface area contributed by atoms with Crippen molar-refractivity contribution in [3.63, 3.8) is 0 Å². The molecule has 1 unspecified atom stereocenters. The Balaban J connectivity index is 2.36. The summed E-state index contributed by atoms with van der Waals surface area (Å²) >= 11 is 0. The number of methoxy groups -OCH3 is 1. The van der Waals surface area contributed by atoms with Gasteiger partial charge in [-0.05, 0) is 59.8 Å². The van der Waals surface area contributed by atoms with Gasteiger partial charge >= 0.3 is 6.09 Å². The molecule has 1 heterocycles. The van der Waals surface area contributed by atoms with Gasteiger partial charge in [0.25, 0.3) is 0 Å². The fourth-order valence-electron chi connectivity index (χ4n) is 2.78. The Kier molecular flexibility index (Phi) is 8.67. The number of carbonyl (C=O) groups excluding carboxylic acids is 1. The second-order valence-corrected chi connectivity index (χ2v) is 8.54. The number of hydrogen-bond donors (Lipinski definition) is 2. The van der Waals surface area contributed by atoms with E-state index in [1.54, 1.807) is 14.2 Å². The maximum atomic E-state index is 12.2. The number of rotatable bonds is 6. The topological polar surface area (TPSA) is 75.2 Å². The highest BCUT2D eigenvalue weighted by atomic mass is 16.6. The monoisotopic (exact) mass is 370 g/mol. The Labute approximate surface area is 158 Å². The lowest BCUT2D eigenvalue weighted by Gasteiger charge is -2.34. The van der Waals surface area contributed by atoms with Crippen LogP contribution in [-0.2, 0) is 9.47 Å². The Morgan fingerprint density at radius 2 is 1.92 bits per heavy atom. The molecule has 0 aliphatic carbocycles. The number of amides is 1. The molecule has 1 rings (SSSR count). The summed E-state index contributed by atoms with van der Waals surface area (Å²) in [6.07, 6.45) is 2.96. The SMILES string of the molecule is CN=C(NCCC1CCCN(C(=O)OC(C)(C)C)C1)NCC(C)(C)OC. The van der Waals surface area contributed by atoms with Gasteiger partial charge in [-0.1, -0.05) is 0 Å². The van der Waals surface area contributed by atoms with Gasteiger partial charge in [-0.3, -0.25) is 4.99 Å². The van der Waals surface area contributed by atoms with Crippen LogP contribution in [0, 0.1) is 5.92 Å². The highest BCUT2D eigenvalue weighted by Crippen LogP contribution is 2.21.